The van der Waals surface area contributed by atoms with Gasteiger partial charge in [0.05, 0.1) is 0 Å². The molecule has 86 valence electrons. The van der Waals surface area contributed by atoms with E-state index in [1.807, 2.05) is 32.9 Å². The van der Waals surface area contributed by atoms with Crippen LogP contribution in [0.15, 0.2) is 24.3 Å². The SMILES string of the molecule is CCC(C)NC(=O)C(=O)c1ccc(C)cc1. The van der Waals surface area contributed by atoms with Crippen molar-refractivity contribution in [1.29, 1.82) is 0 Å². The highest BCUT2D eigenvalue weighted by atomic mass is 16.2. The predicted octanol–water partition coefficient (Wildman–Crippen LogP) is 2.09. The summed E-state index contributed by atoms with van der Waals surface area (Å²) in [5.74, 6) is -1.00. The minimum atomic E-state index is -0.529. The number of carbonyl (C=O) groups is 2. The Morgan fingerprint density at radius 1 is 1.25 bits per heavy atom. The Morgan fingerprint density at radius 3 is 2.31 bits per heavy atom. The number of hydrogen-bond acceptors (Lipinski definition) is 2. The highest BCUT2D eigenvalue weighted by Gasteiger charge is 2.16. The molecule has 16 heavy (non-hydrogen) atoms. The van der Waals surface area contributed by atoms with E-state index < -0.39 is 11.7 Å². The number of aryl methyl sites for hydroxylation is 1. The van der Waals surface area contributed by atoms with Crippen molar-refractivity contribution in [2.24, 2.45) is 0 Å². The molecule has 0 fully saturated rings. The number of nitrogens with one attached hydrogen (secondary N) is 1. The zero-order chi connectivity index (χ0) is 12.1. The number of amides is 1. The summed E-state index contributed by atoms with van der Waals surface area (Å²) in [6.45, 7) is 5.77. The third-order valence-corrected chi connectivity index (χ3v) is 2.51. The van der Waals surface area contributed by atoms with Gasteiger partial charge >= 0.3 is 0 Å². The van der Waals surface area contributed by atoms with Gasteiger partial charge in [-0.05, 0) is 20.3 Å². The van der Waals surface area contributed by atoms with Crippen LogP contribution in [0.1, 0.15) is 36.2 Å². The van der Waals surface area contributed by atoms with Crippen LogP contribution in [-0.4, -0.2) is 17.7 Å². The third kappa shape index (κ3) is 3.19. The van der Waals surface area contributed by atoms with Gasteiger partial charge in [0.25, 0.3) is 5.91 Å². The monoisotopic (exact) mass is 219 g/mol. The van der Waals surface area contributed by atoms with Crippen LogP contribution in [0, 0.1) is 6.92 Å². The van der Waals surface area contributed by atoms with E-state index >= 15 is 0 Å². The number of hydrogen-bond donors (Lipinski definition) is 1. The molecule has 0 heterocycles. The second-order valence-corrected chi connectivity index (χ2v) is 3.98. The molecule has 0 bridgehead atoms. The Balaban J connectivity index is 2.71. The Morgan fingerprint density at radius 2 is 1.81 bits per heavy atom. The normalized spacial score (nSPS) is 11.9. The van der Waals surface area contributed by atoms with Gasteiger partial charge in [0.2, 0.25) is 5.78 Å². The largest absolute Gasteiger partial charge is 0.347 e. The van der Waals surface area contributed by atoms with Crippen LogP contribution in [0.2, 0.25) is 0 Å². The van der Waals surface area contributed by atoms with E-state index in [2.05, 4.69) is 5.32 Å². The number of ketones is 1. The van der Waals surface area contributed by atoms with Crippen molar-refractivity contribution in [3.63, 3.8) is 0 Å². The number of Topliss-reactive ketones (excluding diaryl/α,β-unsaturated/α-hetero) is 1. The van der Waals surface area contributed by atoms with Crippen molar-refractivity contribution in [2.75, 3.05) is 0 Å². The Bertz CT molecular complexity index is 381. The van der Waals surface area contributed by atoms with E-state index in [-0.39, 0.29) is 6.04 Å². The first kappa shape index (κ1) is 12.4. The number of rotatable bonds is 4. The second kappa shape index (κ2) is 5.45. The van der Waals surface area contributed by atoms with E-state index in [0.29, 0.717) is 5.56 Å². The maximum Gasteiger partial charge on any atom is 0.292 e. The van der Waals surface area contributed by atoms with Crippen LogP contribution in [0.5, 0.6) is 0 Å². The standard InChI is InChI=1S/C13H17NO2/c1-4-10(3)14-13(16)12(15)11-7-5-9(2)6-8-11/h5-8,10H,4H2,1-3H3,(H,14,16). The summed E-state index contributed by atoms with van der Waals surface area (Å²) in [6, 6.07) is 7.02. The van der Waals surface area contributed by atoms with Gasteiger partial charge in [0.1, 0.15) is 0 Å². The molecule has 0 aromatic heterocycles. The topological polar surface area (TPSA) is 46.2 Å². The van der Waals surface area contributed by atoms with Crippen LogP contribution in [0.4, 0.5) is 0 Å². The first-order chi connectivity index (χ1) is 7.54. The van der Waals surface area contributed by atoms with Crippen molar-refractivity contribution in [2.45, 2.75) is 33.2 Å². The Labute approximate surface area is 95.9 Å². The molecule has 1 aromatic rings. The van der Waals surface area contributed by atoms with Gasteiger partial charge in [-0.1, -0.05) is 36.8 Å². The van der Waals surface area contributed by atoms with Gasteiger partial charge in [0.15, 0.2) is 0 Å². The molecule has 1 atom stereocenters. The van der Waals surface area contributed by atoms with Crippen LogP contribution in [-0.2, 0) is 4.79 Å². The molecule has 0 saturated carbocycles. The van der Waals surface area contributed by atoms with Gasteiger partial charge in [-0.25, -0.2) is 0 Å². The van der Waals surface area contributed by atoms with E-state index in [1.165, 1.54) is 0 Å². The fourth-order valence-electron chi connectivity index (χ4n) is 1.23. The van der Waals surface area contributed by atoms with Gasteiger partial charge in [-0.3, -0.25) is 9.59 Å². The van der Waals surface area contributed by atoms with Crippen molar-refractivity contribution in [3.05, 3.63) is 35.4 Å². The molecule has 1 aromatic carbocycles. The summed E-state index contributed by atoms with van der Waals surface area (Å²) in [6.07, 6.45) is 0.812. The molecule has 0 radical (unpaired) electrons. The van der Waals surface area contributed by atoms with Crippen LogP contribution in [0.3, 0.4) is 0 Å². The zero-order valence-corrected chi connectivity index (χ0v) is 9.91. The highest BCUT2D eigenvalue weighted by molar-refractivity contribution is 6.42. The van der Waals surface area contributed by atoms with Crippen molar-refractivity contribution in [1.82, 2.24) is 5.32 Å². The fraction of sp³-hybridized carbons (Fsp3) is 0.385. The molecule has 3 nitrogen and oxygen atoms in total. The van der Waals surface area contributed by atoms with Gasteiger partial charge in [-0.15, -0.1) is 0 Å². The van der Waals surface area contributed by atoms with Crippen molar-refractivity contribution < 1.29 is 9.59 Å². The lowest BCUT2D eigenvalue weighted by atomic mass is 10.1. The molecule has 0 aliphatic carbocycles. The van der Waals surface area contributed by atoms with Crippen molar-refractivity contribution >= 4 is 11.7 Å². The van der Waals surface area contributed by atoms with Crippen molar-refractivity contribution in [3.8, 4) is 0 Å². The third-order valence-electron chi connectivity index (χ3n) is 2.51. The van der Waals surface area contributed by atoms with Gasteiger partial charge in [0, 0.05) is 11.6 Å². The van der Waals surface area contributed by atoms with E-state index in [4.69, 9.17) is 0 Å². The van der Waals surface area contributed by atoms with Gasteiger partial charge < -0.3 is 5.32 Å². The van der Waals surface area contributed by atoms with E-state index in [0.717, 1.165) is 12.0 Å². The summed E-state index contributed by atoms with van der Waals surface area (Å²) in [7, 11) is 0. The van der Waals surface area contributed by atoms with Crippen LogP contribution < -0.4 is 5.32 Å². The lowest BCUT2D eigenvalue weighted by molar-refractivity contribution is -0.117. The summed E-state index contributed by atoms with van der Waals surface area (Å²) in [5, 5.41) is 2.65. The molecular formula is C13H17NO2. The molecule has 3 heteroatoms. The Kier molecular flexibility index (Phi) is 4.23. The highest BCUT2D eigenvalue weighted by Crippen LogP contribution is 2.04. The van der Waals surface area contributed by atoms with Crippen LogP contribution >= 0.6 is 0 Å². The number of benzene rings is 1. The molecule has 1 rings (SSSR count). The molecule has 1 N–H and O–H groups in total. The molecular weight excluding hydrogens is 202 g/mol. The maximum absolute atomic E-state index is 11.7. The lowest BCUT2D eigenvalue weighted by Gasteiger charge is -2.10. The summed E-state index contributed by atoms with van der Waals surface area (Å²) in [5.41, 5.74) is 1.50. The first-order valence-electron chi connectivity index (χ1n) is 5.46. The molecule has 0 spiro atoms. The maximum atomic E-state index is 11.7. The molecule has 1 unspecified atom stereocenters. The number of carbonyl (C=O) groups excluding carboxylic acids is 2. The average molecular weight is 219 g/mol. The molecule has 0 saturated heterocycles. The van der Waals surface area contributed by atoms with E-state index in [1.54, 1.807) is 12.1 Å². The predicted molar refractivity (Wildman–Crippen MR) is 63.4 cm³/mol. The summed E-state index contributed by atoms with van der Waals surface area (Å²) < 4.78 is 0. The Hall–Kier alpha value is -1.64. The van der Waals surface area contributed by atoms with Crippen LogP contribution in [0.25, 0.3) is 0 Å². The zero-order valence-electron chi connectivity index (χ0n) is 9.91. The van der Waals surface area contributed by atoms with E-state index in [9.17, 15) is 9.59 Å². The quantitative estimate of drug-likeness (QED) is 0.622. The fourth-order valence-corrected chi connectivity index (χ4v) is 1.23. The smallest absolute Gasteiger partial charge is 0.292 e. The summed E-state index contributed by atoms with van der Waals surface area (Å²) in [4.78, 5) is 23.2. The minimum absolute atomic E-state index is 0.0295. The second-order valence-electron chi connectivity index (χ2n) is 3.98. The summed E-state index contributed by atoms with van der Waals surface area (Å²) >= 11 is 0. The average Bonchev–Trinajstić information content (AvgIpc) is 2.28. The molecule has 1 amide bonds. The van der Waals surface area contributed by atoms with Gasteiger partial charge in [-0.2, -0.15) is 0 Å². The molecule has 0 aliphatic heterocycles. The minimum Gasteiger partial charge on any atom is -0.347 e. The lowest BCUT2D eigenvalue weighted by Crippen LogP contribution is -2.37. The first-order valence-corrected chi connectivity index (χ1v) is 5.46. The molecule has 0 aliphatic rings.